The number of fused-ring (bicyclic) bond motifs is 1. The number of halogens is 1. The van der Waals surface area contributed by atoms with E-state index >= 15 is 0 Å². The highest BCUT2D eigenvalue weighted by Gasteiger charge is 2.43. The van der Waals surface area contributed by atoms with Crippen molar-refractivity contribution in [2.45, 2.75) is 77.9 Å². The normalized spacial score (nSPS) is 24.8. The highest BCUT2D eigenvalue weighted by atomic mass is 19.1. The Hall–Kier alpha value is -3.27. The summed E-state index contributed by atoms with van der Waals surface area (Å²) in [5.41, 5.74) is 1.18. The first-order chi connectivity index (χ1) is 19.8. The first-order valence-electron chi connectivity index (χ1n) is 15.0. The van der Waals surface area contributed by atoms with Gasteiger partial charge in [-0.1, -0.05) is 31.2 Å². The zero-order valence-electron chi connectivity index (χ0n) is 24.2. The van der Waals surface area contributed by atoms with Crippen LogP contribution >= 0.6 is 0 Å². The molecular weight excluding hydrogens is 525 g/mol. The fourth-order valence-corrected chi connectivity index (χ4v) is 6.35. The Kier molecular flexibility index (Phi) is 8.10. The SMILES string of the molecule is Cc1nc2c(o1)CCN(C(=O)CC1=C(F)C=CC(OCC[C@@H]3CC3C3CCN(c4nc(C(C)C)no4)CC3)C=C1)C2. The fourth-order valence-electron chi connectivity index (χ4n) is 6.35. The van der Waals surface area contributed by atoms with E-state index in [9.17, 15) is 9.18 Å². The zero-order chi connectivity index (χ0) is 28.5. The summed E-state index contributed by atoms with van der Waals surface area (Å²) < 4.78 is 32.0. The smallest absolute Gasteiger partial charge is 0.324 e. The number of carbonyl (C=O) groups excluding carboxylic acids is 1. The minimum absolute atomic E-state index is 0.0134. The summed E-state index contributed by atoms with van der Waals surface area (Å²) in [6.07, 6.45) is 11.7. The number of aryl methyl sites for hydroxylation is 1. The standard InChI is InChI=1S/C31H40FN5O4/c1-19(2)30-34-31(41-35-30)36-12-8-21(9-13-36)25-16-22(25)11-15-39-24-5-4-23(26(32)7-6-24)17-29(38)37-14-10-28-27(18-37)33-20(3)40-28/h4-7,19,21-22,24-25H,8-18H2,1-3H3/t22-,24?,25?/m1/s1. The molecule has 41 heavy (non-hydrogen) atoms. The lowest BCUT2D eigenvalue weighted by molar-refractivity contribution is -0.131. The number of allylic oxidation sites excluding steroid dienone is 3. The van der Waals surface area contributed by atoms with Crippen LogP contribution in [0.5, 0.6) is 0 Å². The van der Waals surface area contributed by atoms with Gasteiger partial charge in [-0.3, -0.25) is 4.79 Å². The quantitative estimate of drug-likeness (QED) is 0.396. The molecule has 6 rings (SSSR count). The molecule has 10 heteroatoms. The van der Waals surface area contributed by atoms with Crippen LogP contribution in [0.3, 0.4) is 0 Å². The Bertz CT molecular complexity index is 1340. The largest absolute Gasteiger partial charge is 0.446 e. The molecule has 0 bridgehead atoms. The Balaban J connectivity index is 0.912. The number of piperidine rings is 1. The molecule has 3 atom stereocenters. The summed E-state index contributed by atoms with van der Waals surface area (Å²) in [4.78, 5) is 25.8. The van der Waals surface area contributed by atoms with E-state index < -0.39 is 0 Å². The van der Waals surface area contributed by atoms with Crippen molar-refractivity contribution in [3.05, 3.63) is 58.9 Å². The summed E-state index contributed by atoms with van der Waals surface area (Å²) in [7, 11) is 0. The number of amides is 1. The molecule has 2 unspecified atom stereocenters. The average Bonchev–Trinajstić information content (AvgIpc) is 3.42. The third kappa shape index (κ3) is 6.47. The molecule has 1 saturated heterocycles. The van der Waals surface area contributed by atoms with Gasteiger partial charge in [-0.25, -0.2) is 9.37 Å². The maximum absolute atomic E-state index is 14.8. The highest BCUT2D eigenvalue weighted by Crippen LogP contribution is 2.50. The van der Waals surface area contributed by atoms with Gasteiger partial charge in [0.1, 0.15) is 17.3 Å². The summed E-state index contributed by atoms with van der Waals surface area (Å²) >= 11 is 0. The number of nitrogens with zero attached hydrogens (tertiary/aromatic N) is 5. The van der Waals surface area contributed by atoms with Crippen LogP contribution in [-0.2, 0) is 22.5 Å². The summed E-state index contributed by atoms with van der Waals surface area (Å²) in [6, 6.07) is 0.655. The molecule has 0 radical (unpaired) electrons. The van der Waals surface area contributed by atoms with E-state index in [1.807, 2.05) is 6.08 Å². The van der Waals surface area contributed by atoms with Crippen LogP contribution in [0.4, 0.5) is 10.4 Å². The number of hydrogen-bond donors (Lipinski definition) is 0. The van der Waals surface area contributed by atoms with Gasteiger partial charge in [-0.05, 0) is 61.2 Å². The maximum atomic E-state index is 14.8. The second-order valence-electron chi connectivity index (χ2n) is 12.1. The lowest BCUT2D eigenvalue weighted by Gasteiger charge is -2.30. The molecule has 2 aromatic heterocycles. The van der Waals surface area contributed by atoms with Crippen molar-refractivity contribution in [1.82, 2.24) is 20.0 Å². The predicted octanol–water partition coefficient (Wildman–Crippen LogP) is 5.44. The Morgan fingerprint density at radius 3 is 2.76 bits per heavy atom. The van der Waals surface area contributed by atoms with Crippen molar-refractivity contribution in [2.75, 3.05) is 31.1 Å². The average molecular weight is 566 g/mol. The molecule has 1 saturated carbocycles. The number of carbonyl (C=O) groups is 1. The Labute approximate surface area is 240 Å². The van der Waals surface area contributed by atoms with Crippen LogP contribution in [0.2, 0.25) is 0 Å². The fraction of sp³-hybridized carbons (Fsp3) is 0.613. The Morgan fingerprint density at radius 2 is 1.98 bits per heavy atom. The zero-order valence-corrected chi connectivity index (χ0v) is 24.2. The molecule has 2 aliphatic heterocycles. The van der Waals surface area contributed by atoms with Crippen LogP contribution in [0.1, 0.15) is 75.0 Å². The van der Waals surface area contributed by atoms with E-state index in [1.165, 1.54) is 12.5 Å². The van der Waals surface area contributed by atoms with Crippen molar-refractivity contribution in [1.29, 1.82) is 0 Å². The molecule has 0 spiro atoms. The van der Waals surface area contributed by atoms with Crippen LogP contribution in [0.15, 0.2) is 44.6 Å². The summed E-state index contributed by atoms with van der Waals surface area (Å²) in [5.74, 6) is 4.20. The molecule has 4 heterocycles. The maximum Gasteiger partial charge on any atom is 0.324 e. The third-order valence-corrected chi connectivity index (χ3v) is 8.89. The van der Waals surface area contributed by atoms with Gasteiger partial charge in [0.15, 0.2) is 11.7 Å². The third-order valence-electron chi connectivity index (χ3n) is 8.89. The summed E-state index contributed by atoms with van der Waals surface area (Å²) in [6.45, 7) is 9.48. The first-order valence-corrected chi connectivity index (χ1v) is 15.0. The van der Waals surface area contributed by atoms with Gasteiger partial charge < -0.3 is 23.5 Å². The number of hydrogen-bond acceptors (Lipinski definition) is 8. The number of anilines is 1. The molecule has 2 fully saturated rings. The molecule has 2 aromatic rings. The van der Waals surface area contributed by atoms with Crippen molar-refractivity contribution in [3.63, 3.8) is 0 Å². The van der Waals surface area contributed by atoms with Crippen LogP contribution in [0.25, 0.3) is 0 Å². The Morgan fingerprint density at radius 1 is 1.17 bits per heavy atom. The van der Waals surface area contributed by atoms with E-state index in [2.05, 4.69) is 33.9 Å². The van der Waals surface area contributed by atoms with E-state index in [0.29, 0.717) is 49.5 Å². The lowest BCUT2D eigenvalue weighted by atomic mass is 9.90. The van der Waals surface area contributed by atoms with Crippen molar-refractivity contribution < 1.29 is 22.9 Å². The molecule has 220 valence electrons. The first kappa shape index (κ1) is 27.9. The second kappa shape index (κ2) is 11.9. The van der Waals surface area contributed by atoms with Gasteiger partial charge in [0, 0.05) is 45.5 Å². The van der Waals surface area contributed by atoms with Gasteiger partial charge in [-0.15, -0.1) is 0 Å². The molecular formula is C31H40FN5O4. The molecule has 9 nitrogen and oxygen atoms in total. The van der Waals surface area contributed by atoms with Gasteiger partial charge in [0.2, 0.25) is 5.91 Å². The van der Waals surface area contributed by atoms with E-state index in [-0.39, 0.29) is 30.2 Å². The van der Waals surface area contributed by atoms with Crippen molar-refractivity contribution in [3.8, 4) is 0 Å². The van der Waals surface area contributed by atoms with Gasteiger partial charge >= 0.3 is 6.01 Å². The monoisotopic (exact) mass is 565 g/mol. The lowest BCUT2D eigenvalue weighted by Crippen LogP contribution is -2.35. The number of oxazole rings is 1. The minimum atomic E-state index is -0.384. The van der Waals surface area contributed by atoms with E-state index in [0.717, 1.165) is 61.5 Å². The second-order valence-corrected chi connectivity index (χ2v) is 12.1. The van der Waals surface area contributed by atoms with E-state index in [1.54, 1.807) is 24.0 Å². The van der Waals surface area contributed by atoms with Gasteiger partial charge in [0.25, 0.3) is 0 Å². The summed E-state index contributed by atoms with van der Waals surface area (Å²) in [5, 5.41) is 4.10. The molecule has 0 aromatic carbocycles. The molecule has 4 aliphatic rings. The van der Waals surface area contributed by atoms with E-state index in [4.69, 9.17) is 13.7 Å². The predicted molar refractivity (Wildman–Crippen MR) is 151 cm³/mol. The van der Waals surface area contributed by atoms with Crippen LogP contribution < -0.4 is 4.90 Å². The van der Waals surface area contributed by atoms with Gasteiger partial charge in [-0.2, -0.15) is 4.98 Å². The number of aromatic nitrogens is 3. The highest BCUT2D eigenvalue weighted by molar-refractivity contribution is 5.80. The number of rotatable bonds is 9. The van der Waals surface area contributed by atoms with Gasteiger partial charge in [0.05, 0.1) is 19.1 Å². The molecule has 2 aliphatic carbocycles. The minimum Gasteiger partial charge on any atom is -0.446 e. The van der Waals surface area contributed by atoms with Crippen LogP contribution in [0, 0.1) is 24.7 Å². The molecule has 0 N–H and O–H groups in total. The topological polar surface area (TPSA) is 97.7 Å². The van der Waals surface area contributed by atoms with Crippen molar-refractivity contribution >= 4 is 11.9 Å². The van der Waals surface area contributed by atoms with Crippen LogP contribution in [-0.4, -0.2) is 58.3 Å². The molecule has 1 amide bonds. The number of ether oxygens (including phenoxy) is 1. The van der Waals surface area contributed by atoms with Crippen molar-refractivity contribution in [2.24, 2.45) is 17.8 Å².